The first-order valence-corrected chi connectivity index (χ1v) is 9.92. The molecular formula is C20H15F8N5O3. The molecule has 0 spiro atoms. The van der Waals surface area contributed by atoms with E-state index in [1.54, 1.807) is 0 Å². The highest BCUT2D eigenvalue weighted by atomic mass is 19.4. The summed E-state index contributed by atoms with van der Waals surface area (Å²) in [6.45, 7) is -2.39. The summed E-state index contributed by atoms with van der Waals surface area (Å²) in [4.78, 5) is 25.1. The molecule has 1 aliphatic rings. The fourth-order valence-electron chi connectivity index (χ4n) is 3.41. The summed E-state index contributed by atoms with van der Waals surface area (Å²) in [6, 6.07) is 4.24. The van der Waals surface area contributed by atoms with Gasteiger partial charge >= 0.3 is 12.5 Å². The Morgan fingerprint density at radius 3 is 2.36 bits per heavy atom. The molecular weight excluding hydrogens is 510 g/mol. The number of halogens is 8. The molecule has 2 amide bonds. The van der Waals surface area contributed by atoms with Crippen LogP contribution in [-0.4, -0.2) is 57.9 Å². The van der Waals surface area contributed by atoms with E-state index < -0.39 is 72.8 Å². The van der Waals surface area contributed by atoms with Gasteiger partial charge in [0, 0.05) is 12.6 Å². The molecule has 0 radical (unpaired) electrons. The fourth-order valence-corrected chi connectivity index (χ4v) is 3.41. The predicted octanol–water partition coefficient (Wildman–Crippen LogP) is 3.34. The second kappa shape index (κ2) is 9.63. The lowest BCUT2D eigenvalue weighted by atomic mass is 10.2. The first-order valence-electron chi connectivity index (χ1n) is 9.92. The van der Waals surface area contributed by atoms with Crippen molar-refractivity contribution in [1.82, 2.24) is 20.0 Å². The van der Waals surface area contributed by atoms with Crippen LogP contribution >= 0.6 is 0 Å². The molecule has 0 aliphatic carbocycles. The average molecular weight is 525 g/mol. The summed E-state index contributed by atoms with van der Waals surface area (Å²) in [7, 11) is 0. The maximum absolute atomic E-state index is 13.5. The molecule has 1 atom stereocenters. The van der Waals surface area contributed by atoms with Gasteiger partial charge in [0.2, 0.25) is 5.91 Å². The van der Waals surface area contributed by atoms with Crippen molar-refractivity contribution < 1.29 is 49.4 Å². The van der Waals surface area contributed by atoms with Crippen molar-refractivity contribution in [3.63, 3.8) is 0 Å². The molecule has 3 rings (SSSR count). The molecule has 1 aromatic carbocycles. The molecule has 0 bridgehead atoms. The van der Waals surface area contributed by atoms with E-state index in [0.717, 1.165) is 24.3 Å². The van der Waals surface area contributed by atoms with Crippen LogP contribution in [0.2, 0.25) is 0 Å². The SMILES string of the molecule is N#C[C@@H]1CC(F)(F)CN1C(=O)CNC(=O)c1cn(Cc2ccc(OC(F)(F)F)cc2)nc1C(F)(F)F. The molecule has 1 aliphatic heterocycles. The van der Waals surface area contributed by atoms with Gasteiger partial charge in [-0.05, 0) is 17.7 Å². The fraction of sp³-hybridized carbons (Fsp3) is 0.400. The molecule has 1 fully saturated rings. The maximum Gasteiger partial charge on any atom is 0.573 e. The number of carbonyl (C=O) groups excluding carboxylic acids is 2. The second-order valence-electron chi connectivity index (χ2n) is 7.69. The first kappa shape index (κ1) is 26.7. The van der Waals surface area contributed by atoms with Crippen LogP contribution in [0.25, 0.3) is 0 Å². The Bertz CT molecular complexity index is 1170. The summed E-state index contributed by atoms with van der Waals surface area (Å²) in [5, 5.41) is 14.1. The van der Waals surface area contributed by atoms with E-state index in [4.69, 9.17) is 5.26 Å². The normalized spacial score (nSPS) is 17.5. The highest BCUT2D eigenvalue weighted by Crippen LogP contribution is 2.32. The van der Waals surface area contributed by atoms with Crippen LogP contribution in [0, 0.1) is 11.3 Å². The third-order valence-corrected chi connectivity index (χ3v) is 4.92. The van der Waals surface area contributed by atoms with Gasteiger partial charge in [0.1, 0.15) is 11.8 Å². The van der Waals surface area contributed by atoms with E-state index in [0.29, 0.717) is 15.8 Å². The van der Waals surface area contributed by atoms with Gasteiger partial charge in [-0.15, -0.1) is 13.2 Å². The maximum atomic E-state index is 13.5. The smallest absolute Gasteiger partial charge is 0.406 e. The Hall–Kier alpha value is -3.90. The Morgan fingerprint density at radius 2 is 1.81 bits per heavy atom. The largest absolute Gasteiger partial charge is 0.573 e. The summed E-state index contributed by atoms with van der Waals surface area (Å²) >= 11 is 0. The minimum atomic E-state index is -5.09. The van der Waals surface area contributed by atoms with Gasteiger partial charge in [-0.3, -0.25) is 14.3 Å². The van der Waals surface area contributed by atoms with Gasteiger partial charge in [0.05, 0.1) is 31.3 Å². The molecule has 2 heterocycles. The van der Waals surface area contributed by atoms with E-state index in [1.807, 2.05) is 5.32 Å². The molecule has 194 valence electrons. The number of ether oxygens (including phenoxy) is 1. The number of benzene rings is 1. The van der Waals surface area contributed by atoms with E-state index in [9.17, 15) is 44.7 Å². The lowest BCUT2D eigenvalue weighted by molar-refractivity contribution is -0.274. The van der Waals surface area contributed by atoms with E-state index in [1.165, 1.54) is 6.07 Å². The number of aromatic nitrogens is 2. The Balaban J connectivity index is 1.72. The quantitative estimate of drug-likeness (QED) is 0.584. The molecule has 0 saturated carbocycles. The summed E-state index contributed by atoms with van der Waals surface area (Å²) < 4.78 is 108. The molecule has 1 N–H and O–H groups in total. The Kier molecular flexibility index (Phi) is 7.14. The minimum absolute atomic E-state index is 0.223. The average Bonchev–Trinajstić information content (AvgIpc) is 3.32. The van der Waals surface area contributed by atoms with Crippen LogP contribution in [0.15, 0.2) is 30.5 Å². The van der Waals surface area contributed by atoms with Gasteiger partial charge in [-0.1, -0.05) is 12.1 Å². The topological polar surface area (TPSA) is 100 Å². The number of likely N-dealkylation sites (tertiary alicyclic amines) is 1. The molecule has 8 nitrogen and oxygen atoms in total. The summed E-state index contributed by atoms with van der Waals surface area (Å²) in [5.74, 6) is -6.34. The summed E-state index contributed by atoms with van der Waals surface area (Å²) in [6.07, 6.45) is -10.2. The van der Waals surface area contributed by atoms with Gasteiger partial charge in [-0.2, -0.15) is 23.5 Å². The third kappa shape index (κ3) is 6.61. The molecule has 1 aromatic heterocycles. The van der Waals surface area contributed by atoms with Crippen LogP contribution in [0.4, 0.5) is 35.1 Å². The van der Waals surface area contributed by atoms with Crippen molar-refractivity contribution in [3.05, 3.63) is 47.3 Å². The van der Waals surface area contributed by atoms with Gasteiger partial charge in [-0.25, -0.2) is 8.78 Å². The number of nitrogens with zero attached hydrogens (tertiary/aromatic N) is 4. The van der Waals surface area contributed by atoms with Crippen LogP contribution in [0.3, 0.4) is 0 Å². The lowest BCUT2D eigenvalue weighted by Crippen LogP contribution is -2.43. The lowest BCUT2D eigenvalue weighted by Gasteiger charge is -2.19. The number of rotatable bonds is 6. The van der Waals surface area contributed by atoms with Crippen molar-refractivity contribution in [2.45, 2.75) is 37.5 Å². The van der Waals surface area contributed by atoms with Crippen LogP contribution in [-0.2, 0) is 17.5 Å². The van der Waals surface area contributed by atoms with E-state index in [-0.39, 0.29) is 12.1 Å². The number of amides is 2. The number of nitriles is 1. The number of carbonyl (C=O) groups is 2. The van der Waals surface area contributed by atoms with E-state index in [2.05, 4.69) is 9.84 Å². The zero-order chi connectivity index (χ0) is 26.9. The van der Waals surface area contributed by atoms with Crippen molar-refractivity contribution in [2.75, 3.05) is 13.1 Å². The molecule has 36 heavy (non-hydrogen) atoms. The second-order valence-corrected chi connectivity index (χ2v) is 7.69. The number of hydrogen-bond donors (Lipinski definition) is 1. The van der Waals surface area contributed by atoms with E-state index >= 15 is 0 Å². The molecule has 16 heteroatoms. The summed E-state index contributed by atoms with van der Waals surface area (Å²) in [5.41, 5.74) is -2.36. The highest BCUT2D eigenvalue weighted by Gasteiger charge is 2.47. The molecule has 1 saturated heterocycles. The van der Waals surface area contributed by atoms with Gasteiger partial charge in [0.15, 0.2) is 5.69 Å². The van der Waals surface area contributed by atoms with Crippen molar-refractivity contribution in [3.8, 4) is 11.8 Å². The number of nitrogens with one attached hydrogen (secondary N) is 1. The van der Waals surface area contributed by atoms with Crippen LogP contribution in [0.5, 0.6) is 5.75 Å². The third-order valence-electron chi connectivity index (χ3n) is 4.92. The van der Waals surface area contributed by atoms with Crippen LogP contribution < -0.4 is 10.1 Å². The standard InChI is InChI=1S/C20H15F8N5O3/c21-18(22)5-12(6-29)33(10-18)15(34)7-30-17(35)14-9-32(31-16(14)19(23,24)25)8-11-1-3-13(4-2-11)36-20(26,27)28/h1-4,9,12H,5,7-8,10H2,(H,30,35)/t12-/m0/s1. The highest BCUT2D eigenvalue weighted by molar-refractivity contribution is 5.97. The Morgan fingerprint density at radius 1 is 1.17 bits per heavy atom. The monoisotopic (exact) mass is 525 g/mol. The molecule has 0 unspecified atom stereocenters. The van der Waals surface area contributed by atoms with Crippen molar-refractivity contribution in [1.29, 1.82) is 5.26 Å². The van der Waals surface area contributed by atoms with Crippen molar-refractivity contribution >= 4 is 11.8 Å². The zero-order valence-corrected chi connectivity index (χ0v) is 17.8. The Labute approximate surface area is 197 Å². The minimum Gasteiger partial charge on any atom is -0.406 e. The first-order chi connectivity index (χ1) is 16.6. The van der Waals surface area contributed by atoms with Gasteiger partial charge in [0.25, 0.3) is 11.8 Å². The molecule has 2 aromatic rings. The van der Waals surface area contributed by atoms with Gasteiger partial charge < -0.3 is 15.0 Å². The number of alkyl halides is 8. The van der Waals surface area contributed by atoms with Crippen molar-refractivity contribution in [2.24, 2.45) is 0 Å². The van der Waals surface area contributed by atoms with Crippen LogP contribution in [0.1, 0.15) is 28.0 Å². The predicted molar refractivity (Wildman–Crippen MR) is 102 cm³/mol. The zero-order valence-electron chi connectivity index (χ0n) is 17.8. The number of hydrogen-bond acceptors (Lipinski definition) is 5.